The highest BCUT2D eigenvalue weighted by Gasteiger charge is 2.06. The van der Waals surface area contributed by atoms with Crippen LogP contribution in [0.4, 0.5) is 5.82 Å². The molecule has 2 aromatic rings. The van der Waals surface area contributed by atoms with E-state index in [2.05, 4.69) is 48.4 Å². The summed E-state index contributed by atoms with van der Waals surface area (Å²) in [6.07, 6.45) is 4.25. The first-order chi connectivity index (χ1) is 9.76. The molecular formula is C17H23N3. The number of nitrogens with one attached hydrogen (secondary N) is 1. The van der Waals surface area contributed by atoms with E-state index >= 15 is 0 Å². The zero-order valence-corrected chi connectivity index (χ0v) is 12.6. The first-order valence-electron chi connectivity index (χ1n) is 7.41. The van der Waals surface area contributed by atoms with Gasteiger partial charge in [-0.15, -0.1) is 0 Å². The van der Waals surface area contributed by atoms with E-state index in [1.807, 2.05) is 13.1 Å². The van der Waals surface area contributed by atoms with Gasteiger partial charge >= 0.3 is 0 Å². The number of benzene rings is 1. The monoisotopic (exact) mass is 269 g/mol. The van der Waals surface area contributed by atoms with Gasteiger partial charge in [0.1, 0.15) is 11.6 Å². The summed E-state index contributed by atoms with van der Waals surface area (Å²) < 4.78 is 0. The standard InChI is InChI=1S/C17H23N3/c1-4-7-13-9-6-10-14(11-13)15-12-17(18-3)20-16(19-15)8-5-2/h6,9-12H,4-5,7-8H2,1-3H3,(H,18,19,20). The minimum absolute atomic E-state index is 0.888. The van der Waals surface area contributed by atoms with Crippen LogP contribution in [0.3, 0.4) is 0 Å². The Hall–Kier alpha value is -1.90. The van der Waals surface area contributed by atoms with Gasteiger partial charge in [0.25, 0.3) is 0 Å². The van der Waals surface area contributed by atoms with Crippen LogP contribution in [0, 0.1) is 0 Å². The van der Waals surface area contributed by atoms with E-state index in [1.165, 1.54) is 11.1 Å². The van der Waals surface area contributed by atoms with E-state index in [1.54, 1.807) is 0 Å². The summed E-state index contributed by atoms with van der Waals surface area (Å²) in [5.41, 5.74) is 3.55. The highest BCUT2D eigenvalue weighted by Crippen LogP contribution is 2.22. The number of rotatable bonds is 6. The molecule has 20 heavy (non-hydrogen) atoms. The molecule has 0 spiro atoms. The van der Waals surface area contributed by atoms with E-state index in [0.717, 1.165) is 43.0 Å². The number of aryl methyl sites for hydroxylation is 2. The highest BCUT2D eigenvalue weighted by molar-refractivity contribution is 5.63. The lowest BCUT2D eigenvalue weighted by Gasteiger charge is -2.09. The van der Waals surface area contributed by atoms with Crippen molar-refractivity contribution in [1.82, 2.24) is 9.97 Å². The fraction of sp³-hybridized carbons (Fsp3) is 0.412. The van der Waals surface area contributed by atoms with Crippen LogP contribution in [0.2, 0.25) is 0 Å². The summed E-state index contributed by atoms with van der Waals surface area (Å²) in [4.78, 5) is 9.20. The van der Waals surface area contributed by atoms with Gasteiger partial charge in [-0.1, -0.05) is 38.5 Å². The molecule has 0 bridgehead atoms. The summed E-state index contributed by atoms with van der Waals surface area (Å²) >= 11 is 0. The quantitative estimate of drug-likeness (QED) is 0.858. The van der Waals surface area contributed by atoms with Crippen molar-refractivity contribution in [1.29, 1.82) is 0 Å². The molecule has 0 radical (unpaired) electrons. The topological polar surface area (TPSA) is 37.8 Å². The predicted octanol–water partition coefficient (Wildman–Crippen LogP) is 4.09. The van der Waals surface area contributed by atoms with Crippen LogP contribution in [-0.4, -0.2) is 17.0 Å². The second kappa shape index (κ2) is 7.04. The van der Waals surface area contributed by atoms with Gasteiger partial charge in [-0.2, -0.15) is 0 Å². The lowest BCUT2D eigenvalue weighted by atomic mass is 10.0. The van der Waals surface area contributed by atoms with E-state index in [9.17, 15) is 0 Å². The van der Waals surface area contributed by atoms with Crippen LogP contribution >= 0.6 is 0 Å². The van der Waals surface area contributed by atoms with Crippen molar-refractivity contribution in [2.24, 2.45) is 0 Å². The molecule has 106 valence electrons. The zero-order chi connectivity index (χ0) is 14.4. The molecular weight excluding hydrogens is 246 g/mol. The van der Waals surface area contributed by atoms with Gasteiger partial charge in [0.15, 0.2) is 0 Å². The second-order valence-electron chi connectivity index (χ2n) is 5.01. The minimum atomic E-state index is 0.888. The molecule has 1 aromatic carbocycles. The lowest BCUT2D eigenvalue weighted by Crippen LogP contribution is -2.01. The maximum absolute atomic E-state index is 4.69. The SMILES string of the molecule is CCCc1cccc(-c2cc(NC)nc(CCC)n2)c1. The third-order valence-electron chi connectivity index (χ3n) is 3.26. The number of hydrogen-bond donors (Lipinski definition) is 1. The first-order valence-corrected chi connectivity index (χ1v) is 7.41. The molecule has 0 atom stereocenters. The third kappa shape index (κ3) is 3.56. The Kier molecular flexibility index (Phi) is 5.10. The Morgan fingerprint density at radius 2 is 1.80 bits per heavy atom. The molecule has 0 unspecified atom stereocenters. The summed E-state index contributed by atoms with van der Waals surface area (Å²) in [6.45, 7) is 4.35. The summed E-state index contributed by atoms with van der Waals surface area (Å²) in [6, 6.07) is 10.7. The lowest BCUT2D eigenvalue weighted by molar-refractivity contribution is 0.838. The first kappa shape index (κ1) is 14.5. The predicted molar refractivity (Wildman–Crippen MR) is 85.0 cm³/mol. The average molecular weight is 269 g/mol. The van der Waals surface area contributed by atoms with Crippen molar-refractivity contribution in [2.75, 3.05) is 12.4 Å². The highest BCUT2D eigenvalue weighted by atomic mass is 15.0. The zero-order valence-electron chi connectivity index (χ0n) is 12.6. The fourth-order valence-electron chi connectivity index (χ4n) is 2.28. The van der Waals surface area contributed by atoms with E-state index in [0.29, 0.717) is 0 Å². The number of anilines is 1. The van der Waals surface area contributed by atoms with Crippen LogP contribution in [0.5, 0.6) is 0 Å². The number of hydrogen-bond acceptors (Lipinski definition) is 3. The van der Waals surface area contributed by atoms with Crippen molar-refractivity contribution < 1.29 is 0 Å². The fourth-order valence-corrected chi connectivity index (χ4v) is 2.28. The molecule has 3 nitrogen and oxygen atoms in total. The molecule has 0 aliphatic carbocycles. The molecule has 0 aliphatic rings. The number of aromatic nitrogens is 2. The molecule has 1 aromatic heterocycles. The summed E-state index contributed by atoms with van der Waals surface area (Å²) in [7, 11) is 1.90. The van der Waals surface area contributed by atoms with Gasteiger partial charge in [-0.05, 0) is 24.5 Å². The Labute approximate surface area is 121 Å². The molecule has 3 heteroatoms. The van der Waals surface area contributed by atoms with Crippen molar-refractivity contribution in [3.8, 4) is 11.3 Å². The van der Waals surface area contributed by atoms with E-state index in [-0.39, 0.29) is 0 Å². The largest absolute Gasteiger partial charge is 0.373 e. The van der Waals surface area contributed by atoms with Gasteiger partial charge in [0.05, 0.1) is 5.69 Å². The molecule has 0 amide bonds. The van der Waals surface area contributed by atoms with Crippen LogP contribution in [-0.2, 0) is 12.8 Å². The molecule has 0 saturated heterocycles. The van der Waals surface area contributed by atoms with Crippen LogP contribution in [0.1, 0.15) is 38.1 Å². The average Bonchev–Trinajstić information content (AvgIpc) is 2.48. The van der Waals surface area contributed by atoms with Crippen molar-refractivity contribution in [2.45, 2.75) is 39.5 Å². The van der Waals surface area contributed by atoms with Crippen LogP contribution < -0.4 is 5.32 Å². The van der Waals surface area contributed by atoms with Gasteiger partial charge in [-0.3, -0.25) is 0 Å². The molecule has 0 aliphatic heterocycles. The third-order valence-corrected chi connectivity index (χ3v) is 3.26. The molecule has 0 fully saturated rings. The number of nitrogens with zero attached hydrogens (tertiary/aromatic N) is 2. The van der Waals surface area contributed by atoms with Crippen molar-refractivity contribution in [3.05, 3.63) is 41.7 Å². The van der Waals surface area contributed by atoms with Crippen LogP contribution in [0.15, 0.2) is 30.3 Å². The molecule has 2 rings (SSSR count). The van der Waals surface area contributed by atoms with Crippen molar-refractivity contribution in [3.63, 3.8) is 0 Å². The maximum atomic E-state index is 4.69. The maximum Gasteiger partial charge on any atom is 0.131 e. The van der Waals surface area contributed by atoms with Crippen molar-refractivity contribution >= 4 is 5.82 Å². The van der Waals surface area contributed by atoms with Crippen LogP contribution in [0.25, 0.3) is 11.3 Å². The van der Waals surface area contributed by atoms with Gasteiger partial charge in [0, 0.05) is 25.1 Å². The smallest absolute Gasteiger partial charge is 0.131 e. The Morgan fingerprint density at radius 1 is 1.00 bits per heavy atom. The Balaban J connectivity index is 2.39. The van der Waals surface area contributed by atoms with Gasteiger partial charge in [-0.25, -0.2) is 9.97 Å². The Morgan fingerprint density at radius 3 is 2.50 bits per heavy atom. The van der Waals surface area contributed by atoms with E-state index in [4.69, 9.17) is 4.98 Å². The summed E-state index contributed by atoms with van der Waals surface area (Å²) in [5, 5.41) is 3.12. The molecule has 1 heterocycles. The Bertz CT molecular complexity index is 564. The normalized spacial score (nSPS) is 10.6. The molecule has 1 N–H and O–H groups in total. The van der Waals surface area contributed by atoms with Gasteiger partial charge < -0.3 is 5.32 Å². The summed E-state index contributed by atoms with van der Waals surface area (Å²) in [5.74, 6) is 1.80. The van der Waals surface area contributed by atoms with Gasteiger partial charge in [0.2, 0.25) is 0 Å². The second-order valence-corrected chi connectivity index (χ2v) is 5.01. The molecule has 0 saturated carbocycles. The minimum Gasteiger partial charge on any atom is -0.373 e. The van der Waals surface area contributed by atoms with E-state index < -0.39 is 0 Å².